The largest absolute Gasteiger partial charge is 0.492 e. The Morgan fingerprint density at radius 3 is 2.65 bits per heavy atom. The van der Waals surface area contributed by atoms with Crippen molar-refractivity contribution in [2.24, 2.45) is 5.41 Å². The number of fused-ring (bicyclic) bond motifs is 1. The zero-order valence-electron chi connectivity index (χ0n) is 18.6. The van der Waals surface area contributed by atoms with Crippen LogP contribution in [-0.2, 0) is 6.42 Å². The van der Waals surface area contributed by atoms with Crippen molar-refractivity contribution in [3.63, 3.8) is 0 Å². The Morgan fingerprint density at radius 1 is 1.03 bits per heavy atom. The first-order valence-corrected chi connectivity index (χ1v) is 11.5. The van der Waals surface area contributed by atoms with Gasteiger partial charge in [-0.25, -0.2) is 4.98 Å². The van der Waals surface area contributed by atoms with Crippen LogP contribution >= 0.6 is 0 Å². The summed E-state index contributed by atoms with van der Waals surface area (Å²) in [7, 11) is 2.19. The van der Waals surface area contributed by atoms with Crippen LogP contribution in [0.25, 0.3) is 0 Å². The molecular formula is C25H34N4O2. The van der Waals surface area contributed by atoms with Gasteiger partial charge in [0.1, 0.15) is 23.9 Å². The van der Waals surface area contributed by atoms with Crippen molar-refractivity contribution < 1.29 is 9.53 Å². The summed E-state index contributed by atoms with van der Waals surface area (Å²) in [5.41, 5.74) is 7.79. The molecule has 0 bridgehead atoms. The summed E-state index contributed by atoms with van der Waals surface area (Å²) in [6, 6.07) is 13.7. The quantitative estimate of drug-likeness (QED) is 0.760. The minimum Gasteiger partial charge on any atom is -0.492 e. The van der Waals surface area contributed by atoms with Gasteiger partial charge in [0.05, 0.1) is 0 Å². The number of rotatable bonds is 1. The van der Waals surface area contributed by atoms with E-state index < -0.39 is 0 Å². The van der Waals surface area contributed by atoms with E-state index in [1.54, 1.807) is 18.2 Å². The molecule has 1 spiro atoms. The molecule has 3 heterocycles. The first-order chi connectivity index (χ1) is 15.0. The zero-order valence-corrected chi connectivity index (χ0v) is 18.6. The number of aryl methyl sites for hydroxylation is 1. The molecule has 31 heavy (non-hydrogen) atoms. The topological polar surface area (TPSA) is 71.7 Å². The van der Waals surface area contributed by atoms with E-state index in [0.717, 1.165) is 51.2 Å². The number of hydrogen-bond acceptors (Lipinski definition) is 5. The highest BCUT2D eigenvalue weighted by Gasteiger charge is 2.37. The SMILES string of the molecule is CN1CCOc2ccccc2CCCCC2(CCN(C(=O)c3cccc(N)n3)CC2)C1. The van der Waals surface area contributed by atoms with Gasteiger partial charge in [0, 0.05) is 26.2 Å². The van der Waals surface area contributed by atoms with Gasteiger partial charge in [-0.1, -0.05) is 30.7 Å². The van der Waals surface area contributed by atoms with Crippen LogP contribution in [0.5, 0.6) is 5.75 Å². The number of aromatic nitrogens is 1. The second-order valence-corrected chi connectivity index (χ2v) is 9.14. The maximum absolute atomic E-state index is 12.9. The van der Waals surface area contributed by atoms with Gasteiger partial charge in [0.2, 0.25) is 0 Å². The first kappa shape index (κ1) is 21.6. The van der Waals surface area contributed by atoms with Gasteiger partial charge >= 0.3 is 0 Å². The molecule has 2 N–H and O–H groups in total. The van der Waals surface area contributed by atoms with Crippen molar-refractivity contribution in [1.82, 2.24) is 14.8 Å². The number of likely N-dealkylation sites (N-methyl/N-ethyl adjacent to an activating group) is 1. The Hall–Kier alpha value is -2.60. The van der Waals surface area contributed by atoms with Crippen LogP contribution in [0.3, 0.4) is 0 Å². The Bertz CT molecular complexity index is 893. The van der Waals surface area contributed by atoms with Crippen LogP contribution < -0.4 is 10.5 Å². The molecule has 2 aliphatic rings. The minimum atomic E-state index is -0.00587. The summed E-state index contributed by atoms with van der Waals surface area (Å²) in [5, 5.41) is 0. The molecular weight excluding hydrogens is 388 g/mol. The normalized spacial score (nSPS) is 20.2. The molecule has 0 radical (unpaired) electrons. The fourth-order valence-corrected chi connectivity index (χ4v) is 5.03. The Morgan fingerprint density at radius 2 is 1.84 bits per heavy atom. The van der Waals surface area contributed by atoms with Crippen LogP contribution in [0.2, 0.25) is 0 Å². The van der Waals surface area contributed by atoms with Crippen LogP contribution in [-0.4, -0.2) is 60.5 Å². The zero-order chi connectivity index (χ0) is 21.7. The highest BCUT2D eigenvalue weighted by molar-refractivity contribution is 5.92. The number of pyridine rings is 1. The molecule has 6 heteroatoms. The van der Waals surface area contributed by atoms with Gasteiger partial charge in [-0.3, -0.25) is 4.79 Å². The number of ether oxygens (including phenoxy) is 1. The maximum Gasteiger partial charge on any atom is 0.272 e. The highest BCUT2D eigenvalue weighted by Crippen LogP contribution is 2.38. The molecule has 1 amide bonds. The number of nitrogens with zero attached hydrogens (tertiary/aromatic N) is 3. The number of carbonyl (C=O) groups excluding carboxylic acids is 1. The van der Waals surface area contributed by atoms with Crippen LogP contribution in [0, 0.1) is 5.41 Å². The van der Waals surface area contributed by atoms with E-state index in [2.05, 4.69) is 41.2 Å². The fraction of sp³-hybridized carbons (Fsp3) is 0.520. The molecule has 1 saturated heterocycles. The second-order valence-electron chi connectivity index (χ2n) is 9.14. The number of amides is 1. The average Bonchev–Trinajstić information content (AvgIpc) is 2.77. The first-order valence-electron chi connectivity index (χ1n) is 11.5. The van der Waals surface area contributed by atoms with Crippen LogP contribution in [0.4, 0.5) is 5.82 Å². The Balaban J connectivity index is 1.41. The lowest BCUT2D eigenvalue weighted by Gasteiger charge is -2.44. The molecule has 1 aromatic carbocycles. The monoisotopic (exact) mass is 422 g/mol. The maximum atomic E-state index is 12.9. The number of carbonyl (C=O) groups is 1. The number of anilines is 1. The fourth-order valence-electron chi connectivity index (χ4n) is 5.03. The molecule has 1 fully saturated rings. The van der Waals surface area contributed by atoms with E-state index in [-0.39, 0.29) is 11.3 Å². The van der Waals surface area contributed by atoms with Gasteiger partial charge in [-0.05, 0) is 68.3 Å². The van der Waals surface area contributed by atoms with Crippen molar-refractivity contribution in [3.8, 4) is 5.75 Å². The number of nitrogen functional groups attached to an aromatic ring is 1. The second kappa shape index (κ2) is 9.69. The molecule has 6 nitrogen and oxygen atoms in total. The molecule has 2 aromatic rings. The van der Waals surface area contributed by atoms with E-state index in [1.807, 2.05) is 4.90 Å². The number of piperidine rings is 1. The molecule has 166 valence electrons. The lowest BCUT2D eigenvalue weighted by molar-refractivity contribution is 0.0421. The molecule has 4 rings (SSSR count). The summed E-state index contributed by atoms with van der Waals surface area (Å²) in [5.74, 6) is 1.42. The predicted molar refractivity (Wildman–Crippen MR) is 123 cm³/mol. The van der Waals surface area contributed by atoms with Gasteiger partial charge < -0.3 is 20.3 Å². The van der Waals surface area contributed by atoms with Crippen LogP contribution in [0.1, 0.15) is 48.2 Å². The smallest absolute Gasteiger partial charge is 0.272 e. The third-order valence-electron chi connectivity index (χ3n) is 6.81. The van der Waals surface area contributed by atoms with Crippen molar-refractivity contribution in [1.29, 1.82) is 0 Å². The van der Waals surface area contributed by atoms with Gasteiger partial charge in [-0.15, -0.1) is 0 Å². The molecule has 0 aliphatic carbocycles. The highest BCUT2D eigenvalue weighted by atomic mass is 16.5. The number of para-hydroxylation sites is 1. The molecule has 2 aliphatic heterocycles. The third kappa shape index (κ3) is 5.37. The molecule has 0 saturated carbocycles. The molecule has 1 aromatic heterocycles. The summed E-state index contributed by atoms with van der Waals surface area (Å²) >= 11 is 0. The average molecular weight is 423 g/mol. The van der Waals surface area contributed by atoms with Crippen molar-refractivity contribution in [2.75, 3.05) is 45.6 Å². The predicted octanol–water partition coefficient (Wildman–Crippen LogP) is 3.62. The minimum absolute atomic E-state index is 0.00587. The standard InChI is InChI=1S/C25H34N4O2/c1-28-17-18-31-22-10-3-2-7-20(22)8-4-5-12-25(19-28)13-15-29(16-14-25)24(30)21-9-6-11-23(26)27-21/h2-3,6-7,9-11H,4-5,8,12-19H2,1H3,(H2,26,27). The van der Waals surface area contributed by atoms with E-state index in [4.69, 9.17) is 10.5 Å². The van der Waals surface area contributed by atoms with Crippen molar-refractivity contribution in [3.05, 3.63) is 53.7 Å². The molecule has 0 atom stereocenters. The van der Waals surface area contributed by atoms with Gasteiger partial charge in [0.25, 0.3) is 5.91 Å². The van der Waals surface area contributed by atoms with Crippen LogP contribution in [0.15, 0.2) is 42.5 Å². The Labute approximate surface area is 185 Å². The van der Waals surface area contributed by atoms with E-state index >= 15 is 0 Å². The molecule has 0 unspecified atom stereocenters. The summed E-state index contributed by atoms with van der Waals surface area (Å²) < 4.78 is 6.10. The van der Waals surface area contributed by atoms with E-state index in [1.165, 1.54) is 24.8 Å². The van der Waals surface area contributed by atoms with Gasteiger partial charge in [0.15, 0.2) is 0 Å². The van der Waals surface area contributed by atoms with E-state index in [0.29, 0.717) is 18.1 Å². The van der Waals surface area contributed by atoms with Crippen molar-refractivity contribution >= 4 is 11.7 Å². The summed E-state index contributed by atoms with van der Waals surface area (Å²) in [6.45, 7) is 4.22. The lowest BCUT2D eigenvalue weighted by atomic mass is 9.73. The summed E-state index contributed by atoms with van der Waals surface area (Å²) in [4.78, 5) is 21.5. The Kier molecular flexibility index (Phi) is 6.76. The van der Waals surface area contributed by atoms with E-state index in [9.17, 15) is 4.79 Å². The lowest BCUT2D eigenvalue weighted by Crippen LogP contribution is -2.48. The third-order valence-corrected chi connectivity index (χ3v) is 6.81. The summed E-state index contributed by atoms with van der Waals surface area (Å²) in [6.07, 6.45) is 6.70. The number of hydrogen-bond donors (Lipinski definition) is 1. The van der Waals surface area contributed by atoms with Crippen molar-refractivity contribution in [2.45, 2.75) is 38.5 Å². The number of likely N-dealkylation sites (tertiary alicyclic amines) is 1. The van der Waals surface area contributed by atoms with Gasteiger partial charge in [-0.2, -0.15) is 0 Å². The number of benzene rings is 1. The number of nitrogens with two attached hydrogens (primary N) is 1.